The van der Waals surface area contributed by atoms with Crippen LogP contribution in [0.5, 0.6) is 0 Å². The highest BCUT2D eigenvalue weighted by atomic mass is 32.1. The third-order valence-corrected chi connectivity index (χ3v) is 31.3. The largest absolute Gasteiger partial charge is 0.309 e. The first kappa shape index (κ1) is 82.6. The second-order valence-corrected chi connectivity index (χ2v) is 39.4. The molecule has 0 saturated heterocycles. The first-order chi connectivity index (χ1) is 72.3. The number of thiophene rings is 1. The average Bonchev–Trinajstić information content (AvgIpc) is 1.57. The third-order valence-electron chi connectivity index (χ3n) is 30.1. The topological polar surface area (TPSA) is 76.2 Å². The Morgan fingerprint density at radius 3 is 1.01 bits per heavy atom. The van der Waals surface area contributed by atoms with Crippen LogP contribution in [0.15, 0.2) is 504 Å². The summed E-state index contributed by atoms with van der Waals surface area (Å²) in [5.41, 5.74) is 37.0. The van der Waals surface area contributed by atoms with Gasteiger partial charge >= 0.3 is 0 Å². The van der Waals surface area contributed by atoms with Gasteiger partial charge in [0.15, 0.2) is 0 Å². The Hall–Kier alpha value is -19.3. The SMILES string of the molecule is c1ccc(-c2ccc(-c3cc(-n4c5ccccc5c5cc(-c6ccc7c(c6)c6cc(-c8ccc9nc(-n%10c%11ccccc%11c%11cc(-c%12ccc%13c(c%12)c%12ccccc%12n%13-c%12ccc(-c%13cccc(-c%14cc(-c%15ccccc%15)nc(-n%15c%16ccccc%16c%16cc(-c%17cccc%18c%17sc%17ccccc%17%18)ccc%16%15)n%14)c%13)cc%12)ccc%11%10)cc(-c%10ccccc%10)c9c8)ccc6n7-c6ccccc6)ccc54)nc4ccccc34)cc2)cc1. The third kappa shape index (κ3) is 13.4. The maximum atomic E-state index is 5.70. The van der Waals surface area contributed by atoms with Gasteiger partial charge in [0, 0.05) is 107 Å². The Labute approximate surface area is 842 Å². The van der Waals surface area contributed by atoms with Crippen LogP contribution in [0.1, 0.15) is 0 Å². The van der Waals surface area contributed by atoms with Crippen molar-refractivity contribution in [1.29, 1.82) is 0 Å². The Balaban J connectivity index is 0.473. The molecule has 0 unspecified atom stereocenters. The van der Waals surface area contributed by atoms with Crippen molar-refractivity contribution in [1.82, 2.24) is 42.8 Å². The van der Waals surface area contributed by atoms with Gasteiger partial charge in [0.1, 0.15) is 11.6 Å². The molecule has 9 nitrogen and oxygen atoms in total. The van der Waals surface area contributed by atoms with Crippen LogP contribution in [0, 0.1) is 0 Å². The molecule has 9 aromatic heterocycles. The van der Waals surface area contributed by atoms with Crippen LogP contribution in [-0.2, 0) is 0 Å². The maximum Gasteiger partial charge on any atom is 0.235 e. The summed E-state index contributed by atoms with van der Waals surface area (Å²) in [6.45, 7) is 0. The normalized spacial score (nSPS) is 12.0. The van der Waals surface area contributed by atoms with Gasteiger partial charge in [-0.3, -0.25) is 13.7 Å². The average molecular weight is 1880 g/mol. The molecule has 0 radical (unpaired) electrons. The van der Waals surface area contributed by atoms with Crippen LogP contribution in [0.3, 0.4) is 0 Å². The fourth-order valence-corrected chi connectivity index (χ4v) is 24.5. The molecule has 0 spiro atoms. The van der Waals surface area contributed by atoms with E-state index in [1.807, 2.05) is 11.3 Å². The Kier molecular flexibility index (Phi) is 18.8. The molecule has 146 heavy (non-hydrogen) atoms. The molecular weight excluding hydrogens is 1790 g/mol. The van der Waals surface area contributed by atoms with Crippen molar-refractivity contribution < 1.29 is 0 Å². The van der Waals surface area contributed by atoms with E-state index in [1.54, 1.807) is 0 Å². The van der Waals surface area contributed by atoms with E-state index in [0.717, 1.165) is 211 Å². The first-order valence-electron chi connectivity index (χ1n) is 49.8. The second kappa shape index (κ2) is 33.2. The quantitative estimate of drug-likeness (QED) is 0.102. The van der Waals surface area contributed by atoms with Crippen LogP contribution in [-0.4, -0.2) is 42.8 Å². The predicted octanol–water partition coefficient (Wildman–Crippen LogP) is 36.1. The van der Waals surface area contributed by atoms with Crippen LogP contribution < -0.4 is 0 Å². The van der Waals surface area contributed by atoms with Gasteiger partial charge < -0.3 is 9.13 Å². The highest BCUT2D eigenvalue weighted by Gasteiger charge is 2.27. The number of hydrogen-bond donors (Lipinski definition) is 0. The number of hydrogen-bond acceptors (Lipinski definition) is 5. The summed E-state index contributed by atoms with van der Waals surface area (Å²) >= 11 is 1.86. The maximum absolute atomic E-state index is 5.70. The van der Waals surface area contributed by atoms with Gasteiger partial charge in [-0.1, -0.05) is 334 Å². The van der Waals surface area contributed by atoms with Crippen molar-refractivity contribution in [2.24, 2.45) is 0 Å². The van der Waals surface area contributed by atoms with Crippen molar-refractivity contribution in [2.75, 3.05) is 0 Å². The number of aromatic nitrogens is 9. The molecule has 30 aromatic rings. The van der Waals surface area contributed by atoms with E-state index >= 15 is 0 Å². The highest BCUT2D eigenvalue weighted by molar-refractivity contribution is 7.26. The lowest BCUT2D eigenvalue weighted by molar-refractivity contribution is 0.995. The zero-order valence-corrected chi connectivity index (χ0v) is 79.7. The molecule has 0 aliphatic rings. The fourth-order valence-electron chi connectivity index (χ4n) is 23.2. The smallest absolute Gasteiger partial charge is 0.235 e. The molecule has 21 aromatic carbocycles. The Morgan fingerprint density at radius 2 is 0.466 bits per heavy atom. The van der Waals surface area contributed by atoms with Gasteiger partial charge in [0.05, 0.1) is 77.6 Å². The van der Waals surface area contributed by atoms with E-state index in [4.69, 9.17) is 19.9 Å². The molecular formula is C136H83N9S. The number of nitrogens with zero attached hydrogens (tertiary/aromatic N) is 9. The van der Waals surface area contributed by atoms with E-state index in [1.165, 1.54) is 74.7 Å². The van der Waals surface area contributed by atoms with Crippen molar-refractivity contribution >= 4 is 162 Å². The number of pyridine rings is 2. The van der Waals surface area contributed by atoms with E-state index in [9.17, 15) is 0 Å². The van der Waals surface area contributed by atoms with Crippen LogP contribution >= 0.6 is 11.3 Å². The standard InChI is InChI=1S/C136H83N9S/c1-5-27-84(28-6-1)85-51-53-88(54-52-85)109-81-133(137-118-45-19-13-37-102(109)118)143-123-47-21-15-39-104(123)114-77-94(62-71-129(114)143)96-60-69-128-117(79-96)116-78-95(59-68-127(116)141(128)99-35-11-4-12-36-99)91-57-66-119-111(74-91)110(87-29-7-2-8-30-87)82-134(138-119)144-124-48-22-16-40-105(124)113-76-93(61-70-130(113)144)92-58-67-126-112(75-92)103-38-14-20-46-122(103)142(126)100-64-55-86(56-65-100)90-33-25-34-98(73-90)121-83-120(89-31-9-3-10-32-89)139-136(140-121)145-125-49-23-17-41-106(125)115-80-97(63-72-131(115)145)101-43-26-44-108-107-42-18-24-50-132(107)146-135(101)108/h1-83H. The van der Waals surface area contributed by atoms with Crippen molar-refractivity contribution in [3.63, 3.8) is 0 Å². The molecule has 30 rings (SSSR count). The van der Waals surface area contributed by atoms with Gasteiger partial charge in [-0.15, -0.1) is 11.3 Å². The summed E-state index contributed by atoms with van der Waals surface area (Å²) in [4.78, 5) is 22.1. The Bertz CT molecular complexity index is 10600. The summed E-state index contributed by atoms with van der Waals surface area (Å²) in [6, 6.07) is 184. The lowest BCUT2D eigenvalue weighted by atomic mass is 9.96. The minimum Gasteiger partial charge on any atom is -0.309 e. The summed E-state index contributed by atoms with van der Waals surface area (Å²) in [7, 11) is 0. The molecule has 10 heteroatoms. The molecule has 0 atom stereocenters. The minimum atomic E-state index is 0.614. The molecule has 0 N–H and O–H groups in total. The molecule has 9 heterocycles. The second-order valence-electron chi connectivity index (χ2n) is 38.3. The number of benzene rings is 21. The van der Waals surface area contributed by atoms with Crippen molar-refractivity contribution in [3.05, 3.63) is 504 Å². The van der Waals surface area contributed by atoms with Gasteiger partial charge in [0.2, 0.25) is 5.95 Å². The van der Waals surface area contributed by atoms with E-state index < -0.39 is 0 Å². The van der Waals surface area contributed by atoms with Crippen LogP contribution in [0.25, 0.3) is 291 Å². The lowest BCUT2D eigenvalue weighted by Gasteiger charge is -2.14. The monoisotopic (exact) mass is 1870 g/mol. The van der Waals surface area contributed by atoms with E-state index in [0.29, 0.717) is 5.95 Å². The number of fused-ring (bicyclic) bond motifs is 20. The zero-order chi connectivity index (χ0) is 95.7. The molecule has 678 valence electrons. The summed E-state index contributed by atoms with van der Waals surface area (Å²) < 4.78 is 14.4. The molecule has 0 aliphatic carbocycles. The van der Waals surface area contributed by atoms with Gasteiger partial charge in [-0.05, 0) is 259 Å². The summed E-state index contributed by atoms with van der Waals surface area (Å²) in [5, 5.41) is 16.4. The molecule has 0 bridgehead atoms. The van der Waals surface area contributed by atoms with E-state index in [2.05, 4.69) is 526 Å². The first-order valence-corrected chi connectivity index (χ1v) is 50.6. The molecule has 0 amide bonds. The number of para-hydroxylation sites is 6. The summed E-state index contributed by atoms with van der Waals surface area (Å²) in [6.07, 6.45) is 0. The zero-order valence-electron chi connectivity index (χ0n) is 78.9. The molecule has 0 fully saturated rings. The summed E-state index contributed by atoms with van der Waals surface area (Å²) in [5.74, 6) is 2.34. The molecule has 0 aliphatic heterocycles. The van der Waals surface area contributed by atoms with Crippen molar-refractivity contribution in [3.8, 4) is 140 Å². The van der Waals surface area contributed by atoms with E-state index in [-0.39, 0.29) is 0 Å². The highest BCUT2D eigenvalue weighted by Crippen LogP contribution is 2.49. The Morgan fingerprint density at radius 1 is 0.151 bits per heavy atom. The van der Waals surface area contributed by atoms with Crippen LogP contribution in [0.4, 0.5) is 0 Å². The van der Waals surface area contributed by atoms with Gasteiger partial charge in [-0.2, -0.15) is 0 Å². The van der Waals surface area contributed by atoms with Crippen LogP contribution in [0.2, 0.25) is 0 Å². The minimum absolute atomic E-state index is 0.614. The van der Waals surface area contributed by atoms with Gasteiger partial charge in [-0.25, -0.2) is 19.9 Å². The fraction of sp³-hybridized carbons (Fsp3) is 0. The van der Waals surface area contributed by atoms with Crippen molar-refractivity contribution in [2.45, 2.75) is 0 Å². The van der Waals surface area contributed by atoms with Gasteiger partial charge in [0.25, 0.3) is 0 Å². The lowest BCUT2D eigenvalue weighted by Crippen LogP contribution is -2.04. The predicted molar refractivity (Wildman–Crippen MR) is 612 cm³/mol. The number of rotatable bonds is 15. The molecule has 0 saturated carbocycles.